The molecule has 2 atom stereocenters. The molecule has 0 aromatic heterocycles. The predicted molar refractivity (Wildman–Crippen MR) is 131 cm³/mol. The number of hydrogen-bond donors (Lipinski definition) is 1. The van der Waals surface area contributed by atoms with Crippen LogP contribution in [0.4, 0.5) is 5.69 Å². The first-order chi connectivity index (χ1) is 15.4. The number of ether oxygens (including phenoxy) is 1. The van der Waals surface area contributed by atoms with E-state index >= 15 is 0 Å². The first-order valence-corrected chi connectivity index (χ1v) is 15.0. The molecule has 32 heavy (non-hydrogen) atoms. The summed E-state index contributed by atoms with van der Waals surface area (Å²) >= 11 is -0.346. The van der Waals surface area contributed by atoms with Crippen LogP contribution in [0.25, 0.3) is 0 Å². The Morgan fingerprint density at radius 3 is 2.28 bits per heavy atom. The number of fused-ring (bicyclic) bond motifs is 3. The van der Waals surface area contributed by atoms with E-state index in [0.29, 0.717) is 11.8 Å². The van der Waals surface area contributed by atoms with E-state index in [1.165, 1.54) is 23.0 Å². The van der Waals surface area contributed by atoms with Gasteiger partial charge in [0, 0.05) is 12.1 Å². The topological polar surface area (TPSA) is 47.6 Å². The summed E-state index contributed by atoms with van der Waals surface area (Å²) in [7, 11) is 9.71. The molecule has 6 heteroatoms. The van der Waals surface area contributed by atoms with Crippen LogP contribution in [0.1, 0.15) is 43.5 Å². The minimum atomic E-state index is -0.346. The Kier molecular flexibility index (Phi) is 9.89. The van der Waals surface area contributed by atoms with E-state index in [0.717, 1.165) is 17.7 Å². The molecule has 1 heterocycles. The maximum absolute atomic E-state index is 6.00. The van der Waals surface area contributed by atoms with Crippen molar-refractivity contribution in [3.05, 3.63) is 103 Å². The van der Waals surface area contributed by atoms with Gasteiger partial charge < -0.3 is 10.5 Å². The first kappa shape index (κ1) is 25.5. The van der Waals surface area contributed by atoms with Crippen LogP contribution < -0.4 is 5.73 Å². The molecule has 6 radical (unpaired) electrons. The molecule has 5 rings (SSSR count). The molecule has 2 aliphatic carbocycles. The van der Waals surface area contributed by atoms with Crippen LogP contribution in [0.15, 0.2) is 53.5 Å². The van der Waals surface area contributed by atoms with Crippen molar-refractivity contribution in [2.75, 3.05) is 5.73 Å². The van der Waals surface area contributed by atoms with Gasteiger partial charge in [0.1, 0.15) is 12.1 Å². The van der Waals surface area contributed by atoms with Crippen LogP contribution in [0, 0.1) is 43.4 Å². The Morgan fingerprint density at radius 2 is 1.62 bits per heavy atom. The number of benzene rings is 2. The summed E-state index contributed by atoms with van der Waals surface area (Å²) < 4.78 is 6.00. The summed E-state index contributed by atoms with van der Waals surface area (Å²) in [6.07, 6.45) is 9.78. The Labute approximate surface area is 208 Å². The molecule has 2 aromatic carbocycles. The fourth-order valence-corrected chi connectivity index (χ4v) is 3.87. The number of para-hydroxylation sites is 1. The Morgan fingerprint density at radius 1 is 1.00 bits per heavy atom. The second-order valence-electron chi connectivity index (χ2n) is 8.14. The normalized spacial score (nSPS) is 22.1. The quantitative estimate of drug-likeness (QED) is 0.330. The van der Waals surface area contributed by atoms with Gasteiger partial charge in [-0.15, -0.1) is 0 Å². The molecule has 3 nitrogen and oxygen atoms in total. The maximum atomic E-state index is 6.00. The van der Waals surface area contributed by atoms with Crippen LogP contribution in [0.5, 0.6) is 0 Å². The Bertz CT molecular complexity index is 897. The van der Waals surface area contributed by atoms with Crippen molar-refractivity contribution >= 4 is 31.0 Å². The van der Waals surface area contributed by atoms with Gasteiger partial charge in [-0.2, -0.15) is 0 Å². The molecule has 2 N–H and O–H groups in total. The number of nitrogens with zero attached hydrogens (tertiary/aromatic N) is 1. The molecule has 3 aliphatic rings. The van der Waals surface area contributed by atoms with Crippen molar-refractivity contribution in [2.24, 2.45) is 10.9 Å². The molecule has 0 spiro atoms. The number of hydrogen-bond acceptors (Lipinski definition) is 3. The summed E-state index contributed by atoms with van der Waals surface area (Å²) in [4.78, 5) is 4.74. The van der Waals surface area contributed by atoms with Crippen LogP contribution in [0.3, 0.4) is 0 Å². The van der Waals surface area contributed by atoms with Crippen LogP contribution in [0.2, 0.25) is 0 Å². The van der Waals surface area contributed by atoms with E-state index in [4.69, 9.17) is 34.8 Å². The number of aliphatic imine (C=N–C) groups is 1. The Balaban J connectivity index is 0.000000188. The number of rotatable bonds is 2. The van der Waals surface area contributed by atoms with Gasteiger partial charge >= 0.3 is 34.5 Å². The van der Waals surface area contributed by atoms with E-state index in [1.807, 2.05) is 24.3 Å². The van der Waals surface area contributed by atoms with Gasteiger partial charge in [0.25, 0.3) is 0 Å². The molecule has 0 amide bonds. The van der Waals surface area contributed by atoms with E-state index in [1.54, 1.807) is 0 Å². The van der Waals surface area contributed by atoms with Crippen molar-refractivity contribution in [3.8, 4) is 0 Å². The van der Waals surface area contributed by atoms with Crippen LogP contribution in [-0.2, 0) is 26.3 Å². The molecule has 0 saturated heterocycles. The van der Waals surface area contributed by atoms with Gasteiger partial charge in [0.2, 0.25) is 5.90 Å². The fourth-order valence-electron chi connectivity index (χ4n) is 3.87. The van der Waals surface area contributed by atoms with E-state index in [-0.39, 0.29) is 27.3 Å². The van der Waals surface area contributed by atoms with E-state index in [2.05, 4.69) is 70.7 Å². The molecule has 2 aromatic rings. The van der Waals surface area contributed by atoms with E-state index in [9.17, 15) is 0 Å². The third kappa shape index (κ3) is 6.49. The zero-order chi connectivity index (χ0) is 23.1. The molecular formula is C26H28Cl2N2ORu. The summed E-state index contributed by atoms with van der Waals surface area (Å²) in [5, 5.41) is 0. The second-order valence-corrected chi connectivity index (χ2v) is 10.8. The standard InChI is InChI=1S/C16H14N2O.C10H14.2ClH.Ru/c17-13-8-4-3-7-12(13)16-18-15-11-6-2-1-5-10(11)9-14(15)19-16;1-8(2)10-6-4-9(3)5-7-10;;;/h1-8,14-15H,9,17H2;4-8H,1-3H3;2*1H;/q;;;;+2/p-2/t14-,15+;;;;/m0..../s1. The van der Waals surface area contributed by atoms with Crippen molar-refractivity contribution in [1.82, 2.24) is 0 Å². The van der Waals surface area contributed by atoms with Gasteiger partial charge in [-0.05, 0) is 66.7 Å². The van der Waals surface area contributed by atoms with Crippen molar-refractivity contribution < 1.29 is 19.9 Å². The number of anilines is 1. The SMILES string of the molecule is C[C]1[CH][CH][C](C(C)C)[CH][CH]1.Nc1ccccc1C1=N[C@@H]2c3ccccc3C[C@@H]2O1.[Cl][Ru][Cl]. The molecule has 170 valence electrons. The van der Waals surface area contributed by atoms with Gasteiger partial charge in [-0.25, -0.2) is 4.99 Å². The number of nitrogen functional groups attached to an aromatic ring is 1. The third-order valence-corrected chi connectivity index (χ3v) is 5.60. The predicted octanol–water partition coefficient (Wildman–Crippen LogP) is 6.73. The van der Waals surface area contributed by atoms with Gasteiger partial charge in [0.05, 0.1) is 5.56 Å². The summed E-state index contributed by atoms with van der Waals surface area (Å²) in [6.45, 7) is 6.54. The molecule has 0 unspecified atom stereocenters. The van der Waals surface area contributed by atoms with Gasteiger partial charge in [0.15, 0.2) is 0 Å². The molecule has 0 bridgehead atoms. The summed E-state index contributed by atoms with van der Waals surface area (Å²) in [5.41, 5.74) is 10.2. The zero-order valence-electron chi connectivity index (χ0n) is 18.4. The molecule has 1 aliphatic heterocycles. The van der Waals surface area contributed by atoms with Crippen LogP contribution in [-0.4, -0.2) is 12.0 Å². The second kappa shape index (κ2) is 12.4. The average Bonchev–Trinajstić information content (AvgIpc) is 3.33. The van der Waals surface area contributed by atoms with Crippen molar-refractivity contribution in [2.45, 2.75) is 39.3 Å². The molecule has 1 saturated carbocycles. The minimum absolute atomic E-state index is 0.130. The number of nitrogens with two attached hydrogens (primary N) is 1. The summed E-state index contributed by atoms with van der Waals surface area (Å²) in [6, 6.07) is 16.3. The Hall–Kier alpha value is -1.09. The monoisotopic (exact) mass is 556 g/mol. The van der Waals surface area contributed by atoms with Crippen LogP contribution >= 0.6 is 19.4 Å². The van der Waals surface area contributed by atoms with Gasteiger partial charge in [-0.3, -0.25) is 0 Å². The van der Waals surface area contributed by atoms with Crippen molar-refractivity contribution in [1.29, 1.82) is 0 Å². The average molecular weight is 556 g/mol. The third-order valence-electron chi connectivity index (χ3n) is 5.60. The van der Waals surface area contributed by atoms with Gasteiger partial charge in [-0.1, -0.05) is 57.2 Å². The molecular weight excluding hydrogens is 528 g/mol. The zero-order valence-corrected chi connectivity index (χ0v) is 21.7. The summed E-state index contributed by atoms with van der Waals surface area (Å²) in [5.74, 6) is 4.10. The number of halogens is 2. The van der Waals surface area contributed by atoms with Crippen molar-refractivity contribution in [3.63, 3.8) is 0 Å². The molecule has 1 fully saturated rings. The van der Waals surface area contributed by atoms with E-state index < -0.39 is 0 Å². The first-order valence-electron chi connectivity index (χ1n) is 10.5. The fraction of sp³-hybridized carbons (Fsp3) is 0.269.